The summed E-state index contributed by atoms with van der Waals surface area (Å²) in [4.78, 5) is 14.4. The second-order valence-electron chi connectivity index (χ2n) is 5.51. The predicted octanol–water partition coefficient (Wildman–Crippen LogP) is 4.11. The van der Waals surface area contributed by atoms with E-state index in [1.54, 1.807) is 24.3 Å². The molecule has 0 radical (unpaired) electrons. The van der Waals surface area contributed by atoms with Gasteiger partial charge in [-0.2, -0.15) is 0 Å². The summed E-state index contributed by atoms with van der Waals surface area (Å²) < 4.78 is 0. The lowest BCUT2D eigenvalue weighted by Gasteiger charge is -2.24. The molecule has 2 aromatic rings. The van der Waals surface area contributed by atoms with Crippen molar-refractivity contribution in [3.05, 3.63) is 64.7 Å². The van der Waals surface area contributed by atoms with Crippen LogP contribution in [0.15, 0.2) is 48.5 Å². The lowest BCUT2D eigenvalue weighted by molar-refractivity contribution is -0.120. The minimum atomic E-state index is -0.227. The summed E-state index contributed by atoms with van der Waals surface area (Å²) in [7, 11) is 1.96. The Morgan fingerprint density at radius 1 is 1.18 bits per heavy atom. The number of anilines is 1. The highest BCUT2D eigenvalue weighted by molar-refractivity contribution is 6.30. The second kappa shape index (κ2) is 7.43. The predicted molar refractivity (Wildman–Crippen MR) is 92.2 cm³/mol. The van der Waals surface area contributed by atoms with Gasteiger partial charge >= 0.3 is 0 Å². The minimum absolute atomic E-state index is 0.0293. The number of hydrogen-bond acceptors (Lipinski definition) is 2. The number of hydrogen-bond donors (Lipinski definition) is 1. The van der Waals surface area contributed by atoms with Crippen molar-refractivity contribution in [1.29, 1.82) is 0 Å². The van der Waals surface area contributed by atoms with Crippen molar-refractivity contribution in [3.8, 4) is 0 Å². The molecular formula is C18H21ClN2O. The number of aryl methyl sites for hydroxylation is 1. The van der Waals surface area contributed by atoms with E-state index >= 15 is 0 Å². The van der Waals surface area contributed by atoms with Crippen molar-refractivity contribution < 1.29 is 4.79 Å². The first kappa shape index (κ1) is 16.5. The fourth-order valence-corrected chi connectivity index (χ4v) is 2.30. The van der Waals surface area contributed by atoms with E-state index < -0.39 is 0 Å². The van der Waals surface area contributed by atoms with Gasteiger partial charge in [-0.25, -0.2) is 0 Å². The number of amides is 1. The third-order valence-corrected chi connectivity index (χ3v) is 4.09. The van der Waals surface area contributed by atoms with Crippen LogP contribution in [-0.4, -0.2) is 23.9 Å². The van der Waals surface area contributed by atoms with E-state index in [-0.39, 0.29) is 11.9 Å². The lowest BCUT2D eigenvalue weighted by atomic mass is 10.1. The molecular weight excluding hydrogens is 296 g/mol. The molecule has 0 aliphatic heterocycles. The summed E-state index contributed by atoms with van der Waals surface area (Å²) in [5.41, 5.74) is 3.22. The summed E-state index contributed by atoms with van der Waals surface area (Å²) in [6.07, 6.45) is 0. The van der Waals surface area contributed by atoms with Gasteiger partial charge in [0.25, 0.3) is 0 Å². The van der Waals surface area contributed by atoms with Gasteiger partial charge in [0.1, 0.15) is 0 Å². The van der Waals surface area contributed by atoms with Crippen molar-refractivity contribution in [2.75, 3.05) is 12.4 Å². The molecule has 3 nitrogen and oxygen atoms in total. The zero-order valence-corrected chi connectivity index (χ0v) is 13.9. The molecule has 0 heterocycles. The Morgan fingerprint density at radius 2 is 1.82 bits per heavy atom. The van der Waals surface area contributed by atoms with Crippen LogP contribution in [0.25, 0.3) is 0 Å². The lowest BCUT2D eigenvalue weighted by Crippen LogP contribution is -2.39. The number of nitrogens with one attached hydrogen (secondary N) is 1. The van der Waals surface area contributed by atoms with Crippen LogP contribution in [0.5, 0.6) is 0 Å². The molecule has 22 heavy (non-hydrogen) atoms. The molecule has 0 aromatic heterocycles. The van der Waals surface area contributed by atoms with Gasteiger partial charge in [-0.15, -0.1) is 0 Å². The maximum Gasteiger partial charge on any atom is 0.241 e. The van der Waals surface area contributed by atoms with Crippen LogP contribution in [0.3, 0.4) is 0 Å². The molecule has 0 aliphatic carbocycles. The third-order valence-electron chi connectivity index (χ3n) is 3.83. The van der Waals surface area contributed by atoms with Gasteiger partial charge in [0.05, 0.1) is 6.04 Å². The summed E-state index contributed by atoms with van der Waals surface area (Å²) in [6, 6.07) is 15.1. The van der Waals surface area contributed by atoms with Crippen LogP contribution >= 0.6 is 11.6 Å². The van der Waals surface area contributed by atoms with Crippen molar-refractivity contribution in [2.45, 2.75) is 26.4 Å². The molecule has 0 unspecified atom stereocenters. The molecule has 2 aromatic carbocycles. The number of benzene rings is 2. The zero-order valence-electron chi connectivity index (χ0n) is 13.1. The SMILES string of the molecule is Cc1ccccc1CN(C)[C@@H](C)C(=O)Nc1ccc(Cl)cc1. The topological polar surface area (TPSA) is 32.3 Å². The van der Waals surface area contributed by atoms with Crippen molar-refractivity contribution in [1.82, 2.24) is 4.90 Å². The Kier molecular flexibility index (Phi) is 5.58. The zero-order chi connectivity index (χ0) is 16.1. The van der Waals surface area contributed by atoms with Crippen LogP contribution in [0.2, 0.25) is 5.02 Å². The molecule has 4 heteroatoms. The van der Waals surface area contributed by atoms with Crippen LogP contribution < -0.4 is 5.32 Å². The van der Waals surface area contributed by atoms with Crippen molar-refractivity contribution >= 4 is 23.2 Å². The van der Waals surface area contributed by atoms with Gasteiger partial charge in [-0.1, -0.05) is 35.9 Å². The maximum absolute atomic E-state index is 12.3. The number of nitrogens with zero attached hydrogens (tertiary/aromatic N) is 1. The molecule has 2 rings (SSSR count). The summed E-state index contributed by atoms with van der Waals surface area (Å²) >= 11 is 5.85. The van der Waals surface area contributed by atoms with Gasteiger partial charge in [-0.05, 0) is 56.3 Å². The quantitative estimate of drug-likeness (QED) is 0.900. The van der Waals surface area contributed by atoms with Gasteiger partial charge in [0.15, 0.2) is 0 Å². The van der Waals surface area contributed by atoms with E-state index in [2.05, 4.69) is 24.4 Å². The molecule has 1 N–H and O–H groups in total. The Morgan fingerprint density at radius 3 is 2.45 bits per heavy atom. The van der Waals surface area contributed by atoms with Crippen molar-refractivity contribution in [3.63, 3.8) is 0 Å². The van der Waals surface area contributed by atoms with Gasteiger partial charge in [0, 0.05) is 17.3 Å². The average molecular weight is 317 g/mol. The average Bonchev–Trinajstić information content (AvgIpc) is 2.51. The largest absolute Gasteiger partial charge is 0.325 e. The highest BCUT2D eigenvalue weighted by Gasteiger charge is 2.18. The van der Waals surface area contributed by atoms with Gasteiger partial charge in [-0.3, -0.25) is 9.69 Å². The first-order valence-corrected chi connectivity index (χ1v) is 7.66. The number of carbonyl (C=O) groups is 1. The Labute approximate surface area is 136 Å². The monoisotopic (exact) mass is 316 g/mol. The van der Waals surface area contributed by atoms with E-state index in [1.807, 2.05) is 31.0 Å². The fourth-order valence-electron chi connectivity index (χ4n) is 2.17. The normalized spacial score (nSPS) is 12.2. The number of halogens is 1. The van der Waals surface area contributed by atoms with E-state index in [0.717, 1.165) is 12.2 Å². The Bertz CT molecular complexity index is 640. The number of carbonyl (C=O) groups excluding carboxylic acids is 1. The van der Waals surface area contributed by atoms with E-state index in [4.69, 9.17) is 11.6 Å². The smallest absolute Gasteiger partial charge is 0.241 e. The molecule has 0 saturated carbocycles. The minimum Gasteiger partial charge on any atom is -0.325 e. The molecule has 0 bridgehead atoms. The molecule has 0 spiro atoms. The molecule has 0 fully saturated rings. The van der Waals surface area contributed by atoms with E-state index in [1.165, 1.54) is 11.1 Å². The second-order valence-corrected chi connectivity index (χ2v) is 5.95. The Balaban J connectivity index is 1.97. The first-order valence-electron chi connectivity index (χ1n) is 7.28. The Hall–Kier alpha value is -1.84. The van der Waals surface area contributed by atoms with E-state index in [9.17, 15) is 4.79 Å². The highest BCUT2D eigenvalue weighted by atomic mass is 35.5. The molecule has 0 aliphatic rings. The van der Waals surface area contributed by atoms with Crippen LogP contribution in [0, 0.1) is 6.92 Å². The summed E-state index contributed by atoms with van der Waals surface area (Å²) in [5.74, 6) is -0.0293. The number of rotatable bonds is 5. The molecule has 1 atom stereocenters. The molecule has 0 saturated heterocycles. The van der Waals surface area contributed by atoms with Crippen LogP contribution in [0.1, 0.15) is 18.1 Å². The molecule has 116 valence electrons. The van der Waals surface area contributed by atoms with Gasteiger partial charge < -0.3 is 5.32 Å². The maximum atomic E-state index is 12.3. The summed E-state index contributed by atoms with van der Waals surface area (Å²) in [5, 5.41) is 3.57. The third kappa shape index (κ3) is 4.33. The van der Waals surface area contributed by atoms with Crippen molar-refractivity contribution in [2.24, 2.45) is 0 Å². The summed E-state index contributed by atoms with van der Waals surface area (Å²) in [6.45, 7) is 4.73. The first-order chi connectivity index (χ1) is 10.5. The van der Waals surface area contributed by atoms with Crippen LogP contribution in [-0.2, 0) is 11.3 Å². The molecule has 1 amide bonds. The fraction of sp³-hybridized carbons (Fsp3) is 0.278. The highest BCUT2D eigenvalue weighted by Crippen LogP contribution is 2.15. The standard InChI is InChI=1S/C18H21ClN2O/c1-13-6-4-5-7-15(13)12-21(3)14(2)18(22)20-17-10-8-16(19)9-11-17/h4-11,14H,12H2,1-3H3,(H,20,22)/t14-/m0/s1. The number of likely N-dealkylation sites (N-methyl/N-ethyl adjacent to an activating group) is 1. The van der Waals surface area contributed by atoms with Gasteiger partial charge in [0.2, 0.25) is 5.91 Å². The van der Waals surface area contributed by atoms with Crippen LogP contribution in [0.4, 0.5) is 5.69 Å². The van der Waals surface area contributed by atoms with E-state index in [0.29, 0.717) is 5.02 Å².